The third kappa shape index (κ3) is 3.15. The maximum Gasteiger partial charge on any atom is 0.176 e. The van der Waals surface area contributed by atoms with Gasteiger partial charge in [0, 0.05) is 5.39 Å². The van der Waals surface area contributed by atoms with Gasteiger partial charge < -0.3 is 14.5 Å². The minimum atomic E-state index is 0.167. The van der Waals surface area contributed by atoms with Crippen molar-refractivity contribution >= 4 is 11.0 Å². The van der Waals surface area contributed by atoms with E-state index in [2.05, 4.69) is 42.6 Å². The molecule has 0 saturated heterocycles. The van der Waals surface area contributed by atoms with Crippen LogP contribution >= 0.6 is 0 Å². The van der Waals surface area contributed by atoms with Crippen LogP contribution in [-0.2, 0) is 6.42 Å². The first-order valence-electron chi connectivity index (χ1n) is 7.61. The number of rotatable bonds is 6. The maximum absolute atomic E-state index is 5.97. The van der Waals surface area contributed by atoms with Crippen molar-refractivity contribution in [3.8, 4) is 5.75 Å². The van der Waals surface area contributed by atoms with Crippen molar-refractivity contribution in [2.24, 2.45) is 0 Å². The molecular formula is C19H21NO2. The van der Waals surface area contributed by atoms with E-state index >= 15 is 0 Å². The molecule has 0 aliphatic heterocycles. The molecule has 0 aliphatic rings. The van der Waals surface area contributed by atoms with E-state index in [1.54, 1.807) is 7.11 Å². The van der Waals surface area contributed by atoms with Gasteiger partial charge in [0.1, 0.15) is 5.76 Å². The highest BCUT2D eigenvalue weighted by Crippen LogP contribution is 2.30. The Hall–Kier alpha value is -2.26. The highest BCUT2D eigenvalue weighted by Gasteiger charge is 2.13. The Balaban J connectivity index is 1.66. The zero-order valence-electron chi connectivity index (χ0n) is 13.0. The summed E-state index contributed by atoms with van der Waals surface area (Å²) in [5, 5.41) is 4.59. The monoisotopic (exact) mass is 295 g/mol. The van der Waals surface area contributed by atoms with Crippen LogP contribution in [-0.4, -0.2) is 13.7 Å². The van der Waals surface area contributed by atoms with Gasteiger partial charge in [0.05, 0.1) is 13.2 Å². The lowest BCUT2D eigenvalue weighted by molar-refractivity contribution is 0.400. The number of para-hydroxylation sites is 1. The second-order valence-corrected chi connectivity index (χ2v) is 5.44. The van der Waals surface area contributed by atoms with Crippen LogP contribution in [0.15, 0.2) is 59.0 Å². The summed E-state index contributed by atoms with van der Waals surface area (Å²) in [6.07, 6.45) is 1.01. The second-order valence-electron chi connectivity index (χ2n) is 5.44. The van der Waals surface area contributed by atoms with E-state index in [9.17, 15) is 0 Å². The molecule has 0 fully saturated rings. The van der Waals surface area contributed by atoms with Crippen LogP contribution < -0.4 is 10.1 Å². The van der Waals surface area contributed by atoms with Crippen molar-refractivity contribution in [3.63, 3.8) is 0 Å². The Bertz CT molecular complexity index is 734. The molecule has 114 valence electrons. The first-order chi connectivity index (χ1) is 10.8. The van der Waals surface area contributed by atoms with Crippen LogP contribution in [0, 0.1) is 0 Å². The van der Waals surface area contributed by atoms with Gasteiger partial charge in [-0.15, -0.1) is 0 Å². The highest BCUT2D eigenvalue weighted by atomic mass is 16.5. The zero-order chi connectivity index (χ0) is 15.4. The van der Waals surface area contributed by atoms with Crippen LogP contribution in [0.2, 0.25) is 0 Å². The number of furan rings is 1. The predicted octanol–water partition coefficient (Wildman–Crippen LogP) is 4.33. The summed E-state index contributed by atoms with van der Waals surface area (Å²) in [5.74, 6) is 1.72. The summed E-state index contributed by atoms with van der Waals surface area (Å²) in [6.45, 7) is 3.04. The molecule has 0 amide bonds. The summed E-state index contributed by atoms with van der Waals surface area (Å²) in [7, 11) is 1.67. The van der Waals surface area contributed by atoms with E-state index in [-0.39, 0.29) is 6.04 Å². The molecule has 3 aromatic rings. The third-order valence-electron chi connectivity index (χ3n) is 3.88. The molecule has 1 atom stereocenters. The van der Waals surface area contributed by atoms with E-state index < -0.39 is 0 Å². The second kappa shape index (κ2) is 6.67. The summed E-state index contributed by atoms with van der Waals surface area (Å²) in [6, 6.07) is 18.7. The topological polar surface area (TPSA) is 34.4 Å². The van der Waals surface area contributed by atoms with E-state index in [1.807, 2.05) is 24.3 Å². The molecule has 0 aliphatic carbocycles. The first-order valence-corrected chi connectivity index (χ1v) is 7.61. The van der Waals surface area contributed by atoms with E-state index in [0.29, 0.717) is 0 Å². The molecule has 0 spiro atoms. The minimum Gasteiger partial charge on any atom is -0.493 e. The van der Waals surface area contributed by atoms with Crippen LogP contribution in [0.4, 0.5) is 0 Å². The van der Waals surface area contributed by atoms with Gasteiger partial charge in [-0.3, -0.25) is 0 Å². The van der Waals surface area contributed by atoms with Crippen molar-refractivity contribution < 1.29 is 9.15 Å². The Labute approximate surface area is 130 Å². The standard InChI is InChI=1S/C19H21NO2/c1-14(20-12-11-15-7-4-3-5-8-15)18-13-16-9-6-10-17(21-2)19(16)22-18/h3-10,13-14,20H,11-12H2,1-2H3. The molecule has 3 heteroatoms. The van der Waals surface area contributed by atoms with Gasteiger partial charge in [0.15, 0.2) is 11.3 Å². The molecule has 2 aromatic carbocycles. The third-order valence-corrected chi connectivity index (χ3v) is 3.88. The van der Waals surface area contributed by atoms with Crippen molar-refractivity contribution in [1.29, 1.82) is 0 Å². The number of methoxy groups -OCH3 is 1. The number of nitrogens with one attached hydrogen (secondary N) is 1. The van der Waals surface area contributed by atoms with E-state index in [0.717, 1.165) is 35.4 Å². The largest absolute Gasteiger partial charge is 0.493 e. The fraction of sp³-hybridized carbons (Fsp3) is 0.263. The first kappa shape index (κ1) is 14.7. The van der Waals surface area contributed by atoms with Gasteiger partial charge >= 0.3 is 0 Å². The number of benzene rings is 2. The van der Waals surface area contributed by atoms with E-state index in [4.69, 9.17) is 9.15 Å². The molecule has 22 heavy (non-hydrogen) atoms. The summed E-state index contributed by atoms with van der Waals surface area (Å²) in [4.78, 5) is 0. The smallest absolute Gasteiger partial charge is 0.176 e. The zero-order valence-corrected chi connectivity index (χ0v) is 13.0. The molecule has 3 rings (SSSR count). The Morgan fingerprint density at radius 2 is 1.91 bits per heavy atom. The van der Waals surface area contributed by atoms with Crippen molar-refractivity contribution in [1.82, 2.24) is 5.32 Å². The number of ether oxygens (including phenoxy) is 1. The number of fused-ring (bicyclic) bond motifs is 1. The van der Waals surface area contributed by atoms with Gasteiger partial charge in [-0.2, -0.15) is 0 Å². The lowest BCUT2D eigenvalue weighted by Gasteiger charge is -2.11. The normalized spacial score (nSPS) is 12.5. The van der Waals surface area contributed by atoms with Crippen LogP contribution in [0.5, 0.6) is 5.75 Å². The molecule has 1 aromatic heterocycles. The fourth-order valence-corrected chi connectivity index (χ4v) is 2.61. The van der Waals surface area contributed by atoms with E-state index in [1.165, 1.54) is 5.56 Å². The van der Waals surface area contributed by atoms with Crippen molar-refractivity contribution in [2.75, 3.05) is 13.7 Å². The predicted molar refractivity (Wildman–Crippen MR) is 89.3 cm³/mol. The molecular weight excluding hydrogens is 274 g/mol. The van der Waals surface area contributed by atoms with Gasteiger partial charge in [-0.05, 0) is 37.6 Å². The lowest BCUT2D eigenvalue weighted by Crippen LogP contribution is -2.20. The maximum atomic E-state index is 5.97. The SMILES string of the molecule is COc1cccc2cc(C(C)NCCc3ccccc3)oc12. The molecule has 0 radical (unpaired) electrons. The molecule has 1 N–H and O–H groups in total. The highest BCUT2D eigenvalue weighted by molar-refractivity contribution is 5.83. The minimum absolute atomic E-state index is 0.167. The molecule has 3 nitrogen and oxygen atoms in total. The van der Waals surface area contributed by atoms with Gasteiger partial charge in [0.25, 0.3) is 0 Å². The fourth-order valence-electron chi connectivity index (χ4n) is 2.61. The Kier molecular flexibility index (Phi) is 4.45. The molecule has 1 unspecified atom stereocenters. The lowest BCUT2D eigenvalue weighted by atomic mass is 10.1. The quantitative estimate of drug-likeness (QED) is 0.735. The summed E-state index contributed by atoms with van der Waals surface area (Å²) >= 11 is 0. The summed E-state index contributed by atoms with van der Waals surface area (Å²) in [5.41, 5.74) is 2.16. The average Bonchev–Trinajstić information content (AvgIpc) is 3.00. The Morgan fingerprint density at radius 1 is 1.09 bits per heavy atom. The van der Waals surface area contributed by atoms with Crippen LogP contribution in [0.1, 0.15) is 24.3 Å². The van der Waals surface area contributed by atoms with Crippen molar-refractivity contribution in [2.45, 2.75) is 19.4 Å². The van der Waals surface area contributed by atoms with Gasteiger partial charge in [0.2, 0.25) is 0 Å². The van der Waals surface area contributed by atoms with Crippen LogP contribution in [0.25, 0.3) is 11.0 Å². The number of hydrogen-bond donors (Lipinski definition) is 1. The number of hydrogen-bond acceptors (Lipinski definition) is 3. The molecule has 0 saturated carbocycles. The van der Waals surface area contributed by atoms with Crippen LogP contribution in [0.3, 0.4) is 0 Å². The Morgan fingerprint density at radius 3 is 2.68 bits per heavy atom. The van der Waals surface area contributed by atoms with Crippen molar-refractivity contribution in [3.05, 3.63) is 65.9 Å². The van der Waals surface area contributed by atoms with Gasteiger partial charge in [-0.25, -0.2) is 0 Å². The molecule has 0 bridgehead atoms. The molecule has 1 heterocycles. The summed E-state index contributed by atoms with van der Waals surface area (Å²) < 4.78 is 11.3. The average molecular weight is 295 g/mol. The van der Waals surface area contributed by atoms with Gasteiger partial charge in [-0.1, -0.05) is 42.5 Å².